The largest absolute Gasteiger partial charge is 0.444 e. The number of ether oxygens (including phenoxy) is 2. The van der Waals surface area contributed by atoms with Gasteiger partial charge in [-0.2, -0.15) is 9.97 Å². The van der Waals surface area contributed by atoms with Crippen molar-refractivity contribution in [1.29, 1.82) is 0 Å². The van der Waals surface area contributed by atoms with Crippen molar-refractivity contribution in [1.82, 2.24) is 30.2 Å². The molecule has 0 bridgehead atoms. The fourth-order valence-electron chi connectivity index (χ4n) is 7.54. The summed E-state index contributed by atoms with van der Waals surface area (Å²) in [4.78, 5) is 42.6. The van der Waals surface area contributed by atoms with E-state index in [1.54, 1.807) is 17.8 Å². The number of carbonyl (C=O) groups is 2. The molecule has 14 heteroatoms. The SMILES string of the molecule is CC(OCc1ccccc1)C(=O)NC1CC(n2cnc3c(NCC(c4ccccc4)c4ccccc4)nc(N4CCC(NC(=O)OC(C)(C)C)C4)nc32)C(O)C1O. The lowest BCUT2D eigenvalue weighted by atomic mass is 9.91. The monoisotopic (exact) mass is 776 g/mol. The highest BCUT2D eigenvalue weighted by atomic mass is 16.6. The second-order valence-electron chi connectivity index (χ2n) is 15.9. The number of fused-ring (bicyclic) bond motifs is 1. The molecule has 6 atom stereocenters. The normalized spacial score (nSPS) is 21.5. The summed E-state index contributed by atoms with van der Waals surface area (Å²) in [5.41, 5.74) is 3.55. The Hall–Kier alpha value is -5.57. The van der Waals surface area contributed by atoms with Crippen molar-refractivity contribution in [3.63, 3.8) is 0 Å². The average Bonchev–Trinajstić information content (AvgIpc) is 3.92. The third kappa shape index (κ3) is 9.53. The van der Waals surface area contributed by atoms with Gasteiger partial charge < -0.3 is 45.1 Å². The van der Waals surface area contributed by atoms with E-state index in [2.05, 4.69) is 40.2 Å². The maximum Gasteiger partial charge on any atom is 0.407 e. The van der Waals surface area contributed by atoms with E-state index >= 15 is 0 Å². The van der Waals surface area contributed by atoms with Gasteiger partial charge in [0.05, 0.1) is 31.1 Å². The van der Waals surface area contributed by atoms with E-state index in [4.69, 9.17) is 24.4 Å². The molecule has 5 aromatic rings. The minimum Gasteiger partial charge on any atom is -0.444 e. The zero-order chi connectivity index (χ0) is 40.1. The fourth-order valence-corrected chi connectivity index (χ4v) is 7.54. The number of hydrogen-bond acceptors (Lipinski definition) is 11. The Morgan fingerprint density at radius 3 is 2.19 bits per heavy atom. The smallest absolute Gasteiger partial charge is 0.407 e. The third-order valence-corrected chi connectivity index (χ3v) is 10.5. The molecule has 5 N–H and O–H groups in total. The number of aromatic nitrogens is 4. The number of alkyl carbamates (subject to hydrolysis) is 1. The molecule has 2 amide bonds. The van der Waals surface area contributed by atoms with Crippen molar-refractivity contribution in [2.75, 3.05) is 29.9 Å². The van der Waals surface area contributed by atoms with Crippen LogP contribution in [-0.2, 0) is 20.9 Å². The zero-order valence-electron chi connectivity index (χ0n) is 32.8. The molecule has 3 heterocycles. The quantitative estimate of drug-likeness (QED) is 0.110. The molecule has 57 heavy (non-hydrogen) atoms. The molecule has 1 saturated carbocycles. The Kier molecular flexibility index (Phi) is 12.0. The average molecular weight is 777 g/mol. The molecule has 0 spiro atoms. The predicted octanol–water partition coefficient (Wildman–Crippen LogP) is 4.93. The van der Waals surface area contributed by atoms with Crippen LogP contribution >= 0.6 is 0 Å². The van der Waals surface area contributed by atoms with Gasteiger partial charge >= 0.3 is 6.09 Å². The first kappa shape index (κ1) is 39.7. The number of anilines is 2. The summed E-state index contributed by atoms with van der Waals surface area (Å²) in [7, 11) is 0. The second kappa shape index (κ2) is 17.3. The fraction of sp³-hybridized carbons (Fsp3) is 0.419. The molecule has 1 saturated heterocycles. The van der Waals surface area contributed by atoms with Gasteiger partial charge in [-0.05, 0) is 57.2 Å². The van der Waals surface area contributed by atoms with Crippen LogP contribution in [0, 0.1) is 0 Å². The van der Waals surface area contributed by atoms with Gasteiger partial charge in [-0.1, -0.05) is 91.0 Å². The van der Waals surface area contributed by atoms with Crippen LogP contribution in [0.15, 0.2) is 97.3 Å². The number of amides is 2. The number of benzene rings is 3. The number of hydrogen-bond donors (Lipinski definition) is 5. The van der Waals surface area contributed by atoms with E-state index < -0.39 is 42.1 Å². The lowest BCUT2D eigenvalue weighted by molar-refractivity contribution is -0.134. The highest BCUT2D eigenvalue weighted by Gasteiger charge is 2.44. The summed E-state index contributed by atoms with van der Waals surface area (Å²) >= 11 is 0. The number of rotatable bonds is 13. The van der Waals surface area contributed by atoms with Crippen molar-refractivity contribution >= 4 is 34.9 Å². The van der Waals surface area contributed by atoms with Gasteiger partial charge in [-0.15, -0.1) is 0 Å². The zero-order valence-corrected chi connectivity index (χ0v) is 32.8. The van der Waals surface area contributed by atoms with Crippen molar-refractivity contribution in [2.24, 2.45) is 0 Å². The van der Waals surface area contributed by atoms with Gasteiger partial charge in [0.15, 0.2) is 17.0 Å². The molecular weight excluding hydrogens is 725 g/mol. The molecule has 2 aliphatic rings. The van der Waals surface area contributed by atoms with Crippen molar-refractivity contribution < 1.29 is 29.3 Å². The van der Waals surface area contributed by atoms with Crippen LogP contribution in [0.25, 0.3) is 11.2 Å². The number of nitrogens with zero attached hydrogens (tertiary/aromatic N) is 5. The summed E-state index contributed by atoms with van der Waals surface area (Å²) in [6.07, 6.45) is -1.24. The summed E-state index contributed by atoms with van der Waals surface area (Å²) in [5.74, 6) is 0.548. The molecule has 0 radical (unpaired) electrons. The lowest BCUT2D eigenvalue weighted by Crippen LogP contribution is -2.46. The minimum atomic E-state index is -1.24. The maximum atomic E-state index is 13.2. The standard InChI is InChI=1S/C43H52N8O6/c1-27(56-25-28-14-8-5-9-15-28)40(54)47-33-22-34(37(53)36(33)52)51-26-45-35-38(44-23-32(29-16-10-6-11-17-29)30-18-12-7-13-19-30)48-41(49-39(35)51)50-21-20-31(24-50)46-42(55)57-43(2,3)4/h5-19,26-27,31-34,36-37,52-53H,20-25H2,1-4H3,(H,46,55)(H,47,54)(H,44,48,49). The highest BCUT2D eigenvalue weighted by molar-refractivity contribution is 5.85. The van der Waals surface area contributed by atoms with Crippen molar-refractivity contribution in [2.45, 2.75) is 95.1 Å². The van der Waals surface area contributed by atoms with Gasteiger partial charge in [0, 0.05) is 25.6 Å². The molecule has 7 rings (SSSR count). The van der Waals surface area contributed by atoms with Crippen LogP contribution in [0.2, 0.25) is 0 Å². The Labute approximate surface area is 332 Å². The molecule has 2 fully saturated rings. The molecule has 6 unspecified atom stereocenters. The van der Waals surface area contributed by atoms with Crippen LogP contribution in [0.5, 0.6) is 0 Å². The first-order valence-electron chi connectivity index (χ1n) is 19.6. The van der Waals surface area contributed by atoms with E-state index in [-0.39, 0.29) is 30.9 Å². The highest BCUT2D eigenvalue weighted by Crippen LogP contribution is 2.36. The number of imidazole rings is 1. The topological polar surface area (TPSA) is 176 Å². The second-order valence-corrected chi connectivity index (χ2v) is 15.9. The predicted molar refractivity (Wildman–Crippen MR) is 217 cm³/mol. The molecule has 1 aliphatic heterocycles. The first-order chi connectivity index (χ1) is 27.4. The van der Waals surface area contributed by atoms with E-state index in [0.717, 1.165) is 16.7 Å². The lowest BCUT2D eigenvalue weighted by Gasteiger charge is -2.23. The molecule has 2 aromatic heterocycles. The first-order valence-corrected chi connectivity index (χ1v) is 19.6. The number of aliphatic hydroxyl groups is 2. The summed E-state index contributed by atoms with van der Waals surface area (Å²) < 4.78 is 13.1. The third-order valence-electron chi connectivity index (χ3n) is 10.5. The van der Waals surface area contributed by atoms with Gasteiger partial charge in [0.25, 0.3) is 0 Å². The Balaban J connectivity index is 1.15. The van der Waals surface area contributed by atoms with Gasteiger partial charge in [0.2, 0.25) is 11.9 Å². The van der Waals surface area contributed by atoms with Crippen molar-refractivity contribution in [3.05, 3.63) is 114 Å². The van der Waals surface area contributed by atoms with Crippen molar-refractivity contribution in [3.8, 4) is 0 Å². The van der Waals surface area contributed by atoms with E-state index in [9.17, 15) is 19.8 Å². The van der Waals surface area contributed by atoms with Gasteiger partial charge in [-0.25, -0.2) is 9.78 Å². The number of carbonyl (C=O) groups excluding carboxylic acids is 2. The van der Waals surface area contributed by atoms with Crippen LogP contribution in [0.1, 0.15) is 69.2 Å². The molecule has 14 nitrogen and oxygen atoms in total. The Bertz CT molecular complexity index is 2070. The summed E-state index contributed by atoms with van der Waals surface area (Å²) in [5, 5.41) is 32.1. The van der Waals surface area contributed by atoms with Gasteiger partial charge in [0.1, 0.15) is 23.9 Å². The Morgan fingerprint density at radius 1 is 0.895 bits per heavy atom. The number of nitrogens with one attached hydrogen (secondary N) is 3. The van der Waals surface area contributed by atoms with E-state index in [1.165, 1.54) is 0 Å². The minimum absolute atomic E-state index is 0.00705. The van der Waals surface area contributed by atoms with E-state index in [1.807, 2.05) is 92.4 Å². The van der Waals surface area contributed by atoms with Gasteiger partial charge in [-0.3, -0.25) is 4.79 Å². The molecular formula is C43H52N8O6. The summed E-state index contributed by atoms with van der Waals surface area (Å²) in [6.45, 7) is 8.94. The molecule has 3 aromatic carbocycles. The van der Waals surface area contributed by atoms with E-state index in [0.29, 0.717) is 49.0 Å². The van der Waals surface area contributed by atoms with Crippen LogP contribution in [-0.4, -0.2) is 97.4 Å². The Morgan fingerprint density at radius 2 is 1.54 bits per heavy atom. The van der Waals surface area contributed by atoms with Crippen LogP contribution in [0.3, 0.4) is 0 Å². The van der Waals surface area contributed by atoms with Crippen LogP contribution < -0.4 is 20.9 Å². The number of aliphatic hydroxyl groups excluding tert-OH is 2. The summed E-state index contributed by atoms with van der Waals surface area (Å²) in [6, 6.07) is 28.5. The van der Waals surface area contributed by atoms with Crippen LogP contribution in [0.4, 0.5) is 16.6 Å². The molecule has 300 valence electrons. The molecule has 1 aliphatic carbocycles. The maximum absolute atomic E-state index is 13.2.